The van der Waals surface area contributed by atoms with Crippen LogP contribution in [0.1, 0.15) is 57.1 Å². The van der Waals surface area contributed by atoms with Crippen molar-refractivity contribution < 1.29 is 28.9 Å². The zero-order chi connectivity index (χ0) is 23.1. The van der Waals surface area contributed by atoms with Crippen LogP contribution in [0.5, 0.6) is 17.2 Å². The SMILES string of the molecule is CC(=O)c1c(O)c(C)c(O)c2c1OC1=Cc3c(c(C)nn3-c3ccc(F)cc3)C(=O)[C@]12C. The molecule has 0 radical (unpaired) electrons. The number of carbonyl (C=O) groups excluding carboxylic acids is 2. The van der Waals surface area contributed by atoms with Gasteiger partial charge in [0.25, 0.3) is 0 Å². The van der Waals surface area contributed by atoms with Crippen LogP contribution in [0.4, 0.5) is 4.39 Å². The number of allylic oxidation sites excluding steroid dienone is 1. The lowest BCUT2D eigenvalue weighted by molar-refractivity contribution is 0.0905. The van der Waals surface area contributed by atoms with Crippen molar-refractivity contribution in [3.05, 3.63) is 69.5 Å². The second kappa shape index (κ2) is 6.29. The zero-order valence-corrected chi connectivity index (χ0v) is 17.8. The van der Waals surface area contributed by atoms with E-state index in [0.717, 1.165) is 0 Å². The molecule has 1 atom stereocenters. The van der Waals surface area contributed by atoms with E-state index < -0.39 is 17.0 Å². The van der Waals surface area contributed by atoms with Gasteiger partial charge in [-0.15, -0.1) is 0 Å². The van der Waals surface area contributed by atoms with Crippen molar-refractivity contribution in [3.8, 4) is 22.9 Å². The van der Waals surface area contributed by atoms with Gasteiger partial charge in [-0.1, -0.05) is 0 Å². The first-order valence-electron chi connectivity index (χ1n) is 9.97. The highest BCUT2D eigenvalue weighted by molar-refractivity contribution is 6.14. The second-order valence-corrected chi connectivity index (χ2v) is 8.26. The van der Waals surface area contributed by atoms with E-state index in [-0.39, 0.29) is 45.5 Å². The predicted octanol–water partition coefficient (Wildman–Crippen LogP) is 4.13. The Balaban J connectivity index is 1.80. The Kier molecular flexibility index (Phi) is 3.93. The molecule has 2 N–H and O–H groups in total. The Morgan fingerprint density at radius 2 is 1.81 bits per heavy atom. The number of aryl methyl sites for hydroxylation is 1. The van der Waals surface area contributed by atoms with Gasteiger partial charge >= 0.3 is 0 Å². The van der Waals surface area contributed by atoms with E-state index in [4.69, 9.17) is 4.74 Å². The van der Waals surface area contributed by atoms with Crippen LogP contribution >= 0.6 is 0 Å². The molecule has 5 rings (SSSR count). The summed E-state index contributed by atoms with van der Waals surface area (Å²) in [6, 6.07) is 5.69. The molecule has 0 fully saturated rings. The molecular weight excluding hydrogens is 415 g/mol. The van der Waals surface area contributed by atoms with Crippen molar-refractivity contribution in [1.29, 1.82) is 0 Å². The molecule has 2 heterocycles. The second-order valence-electron chi connectivity index (χ2n) is 8.26. The molecule has 0 saturated heterocycles. The Morgan fingerprint density at radius 3 is 2.44 bits per heavy atom. The Labute approximate surface area is 182 Å². The van der Waals surface area contributed by atoms with Gasteiger partial charge in [-0.25, -0.2) is 9.07 Å². The number of halogens is 1. The summed E-state index contributed by atoms with van der Waals surface area (Å²) in [5.41, 5.74) is 0.556. The van der Waals surface area contributed by atoms with Crippen molar-refractivity contribution in [1.82, 2.24) is 9.78 Å². The molecular formula is C24H19FN2O5. The third-order valence-electron chi connectivity index (χ3n) is 6.31. The van der Waals surface area contributed by atoms with Gasteiger partial charge in [-0.2, -0.15) is 5.10 Å². The molecule has 2 aliphatic rings. The molecule has 0 saturated carbocycles. The lowest BCUT2D eigenvalue weighted by atomic mass is 9.71. The molecule has 162 valence electrons. The monoisotopic (exact) mass is 434 g/mol. The largest absolute Gasteiger partial charge is 0.507 e. The average molecular weight is 434 g/mol. The summed E-state index contributed by atoms with van der Waals surface area (Å²) in [6.45, 7) is 6.06. The van der Waals surface area contributed by atoms with Gasteiger partial charge < -0.3 is 14.9 Å². The molecule has 0 spiro atoms. The molecule has 2 aromatic carbocycles. The molecule has 32 heavy (non-hydrogen) atoms. The van der Waals surface area contributed by atoms with Crippen LogP contribution in [0.15, 0.2) is 30.0 Å². The number of ketones is 2. The van der Waals surface area contributed by atoms with E-state index in [2.05, 4.69) is 5.10 Å². The summed E-state index contributed by atoms with van der Waals surface area (Å²) in [7, 11) is 0. The number of hydrogen-bond acceptors (Lipinski definition) is 6. The van der Waals surface area contributed by atoms with Crippen molar-refractivity contribution in [2.75, 3.05) is 0 Å². The molecule has 0 amide bonds. The summed E-state index contributed by atoms with van der Waals surface area (Å²) in [4.78, 5) is 26.1. The standard InChI is InChI=1S/C24H19FN2O5/c1-10-20(29)18(12(3)28)22-19(21(10)30)24(4)16(32-22)9-15-17(23(24)31)11(2)26-27(15)14-7-5-13(25)6-8-14/h5-9,29-30H,1-4H3/t24-/m1/s1. The maximum atomic E-state index is 13.8. The number of carbonyl (C=O) groups is 2. The van der Waals surface area contributed by atoms with Crippen LogP contribution in [-0.4, -0.2) is 31.6 Å². The number of hydrogen-bond donors (Lipinski definition) is 2. The highest BCUT2D eigenvalue weighted by atomic mass is 19.1. The lowest BCUT2D eigenvalue weighted by Gasteiger charge is -2.27. The summed E-state index contributed by atoms with van der Waals surface area (Å²) in [6.07, 6.45) is 1.63. The fourth-order valence-electron chi connectivity index (χ4n) is 4.57. The normalized spacial score (nSPS) is 18.5. The minimum absolute atomic E-state index is 0.0238. The first kappa shape index (κ1) is 20.0. The fourth-order valence-corrected chi connectivity index (χ4v) is 4.57. The van der Waals surface area contributed by atoms with E-state index in [1.807, 2.05) is 0 Å². The highest BCUT2D eigenvalue weighted by Crippen LogP contribution is 2.58. The van der Waals surface area contributed by atoms with E-state index in [0.29, 0.717) is 22.6 Å². The molecule has 3 aromatic rings. The highest BCUT2D eigenvalue weighted by Gasteiger charge is 2.55. The maximum Gasteiger partial charge on any atom is 0.185 e. The number of phenolic OH excluding ortho intramolecular Hbond substituents is 2. The smallest absolute Gasteiger partial charge is 0.185 e. The fraction of sp³-hybridized carbons (Fsp3) is 0.208. The average Bonchev–Trinajstić information content (AvgIpc) is 3.22. The molecule has 0 unspecified atom stereocenters. The van der Waals surface area contributed by atoms with Crippen LogP contribution in [0.3, 0.4) is 0 Å². The van der Waals surface area contributed by atoms with Gasteiger partial charge in [0.1, 0.15) is 39.8 Å². The summed E-state index contributed by atoms with van der Waals surface area (Å²) >= 11 is 0. The van der Waals surface area contributed by atoms with E-state index in [9.17, 15) is 24.2 Å². The van der Waals surface area contributed by atoms with Crippen molar-refractivity contribution in [3.63, 3.8) is 0 Å². The van der Waals surface area contributed by atoms with E-state index in [1.165, 1.54) is 30.7 Å². The molecule has 1 aliphatic heterocycles. The third kappa shape index (κ3) is 2.32. The summed E-state index contributed by atoms with van der Waals surface area (Å²) in [5, 5.41) is 25.8. The minimum atomic E-state index is -1.41. The number of phenols is 2. The van der Waals surface area contributed by atoms with Gasteiger partial charge in [0.15, 0.2) is 11.6 Å². The number of benzene rings is 2. The number of Topliss-reactive ketones (excluding diaryl/α,β-unsaturated/α-hetero) is 2. The molecule has 7 nitrogen and oxygen atoms in total. The van der Waals surface area contributed by atoms with Gasteiger partial charge in [-0.3, -0.25) is 9.59 Å². The minimum Gasteiger partial charge on any atom is -0.507 e. The quantitative estimate of drug-likeness (QED) is 0.588. The van der Waals surface area contributed by atoms with Crippen LogP contribution in [-0.2, 0) is 5.41 Å². The van der Waals surface area contributed by atoms with E-state index >= 15 is 0 Å². The lowest BCUT2D eigenvalue weighted by Crippen LogP contribution is -2.36. The number of aromatic nitrogens is 2. The third-order valence-corrected chi connectivity index (χ3v) is 6.31. The Bertz CT molecular complexity index is 1400. The Morgan fingerprint density at radius 1 is 1.16 bits per heavy atom. The van der Waals surface area contributed by atoms with Crippen molar-refractivity contribution >= 4 is 17.6 Å². The number of nitrogens with zero attached hydrogens (tertiary/aromatic N) is 2. The maximum absolute atomic E-state index is 13.8. The molecule has 1 aromatic heterocycles. The molecule has 1 aliphatic carbocycles. The zero-order valence-electron chi connectivity index (χ0n) is 17.8. The summed E-state index contributed by atoms with van der Waals surface area (Å²) in [5.74, 6) is -1.71. The van der Waals surface area contributed by atoms with Crippen LogP contribution in [0.2, 0.25) is 0 Å². The van der Waals surface area contributed by atoms with Crippen LogP contribution in [0.25, 0.3) is 11.8 Å². The topological polar surface area (TPSA) is 102 Å². The predicted molar refractivity (Wildman–Crippen MR) is 113 cm³/mol. The first-order chi connectivity index (χ1) is 15.1. The van der Waals surface area contributed by atoms with Crippen LogP contribution in [0, 0.1) is 19.7 Å². The van der Waals surface area contributed by atoms with E-state index in [1.54, 1.807) is 32.1 Å². The van der Waals surface area contributed by atoms with Crippen LogP contribution < -0.4 is 4.74 Å². The number of ether oxygens (including phenoxy) is 1. The molecule has 8 heteroatoms. The Hall–Kier alpha value is -3.94. The summed E-state index contributed by atoms with van der Waals surface area (Å²) < 4.78 is 20.9. The molecule has 0 bridgehead atoms. The number of fused-ring (bicyclic) bond motifs is 4. The number of aromatic hydroxyl groups is 2. The number of rotatable bonds is 2. The van der Waals surface area contributed by atoms with Crippen molar-refractivity contribution in [2.45, 2.75) is 33.1 Å². The van der Waals surface area contributed by atoms with Gasteiger partial charge in [0.05, 0.1) is 28.2 Å². The first-order valence-corrected chi connectivity index (χ1v) is 9.97. The van der Waals surface area contributed by atoms with Gasteiger partial charge in [0, 0.05) is 11.6 Å². The van der Waals surface area contributed by atoms with Crippen molar-refractivity contribution in [2.24, 2.45) is 0 Å². The van der Waals surface area contributed by atoms with Gasteiger partial charge in [0.2, 0.25) is 0 Å². The van der Waals surface area contributed by atoms with Gasteiger partial charge in [-0.05, 0) is 52.0 Å².